The standard InChI is InChI=1S/2C6H18O4Si2/c2*1-7-11(3,4)9-10-12(5,6)8-2/h2*1-6H3. The Morgan fingerprint density at radius 3 is 0.542 bits per heavy atom. The van der Waals surface area contributed by atoms with Crippen molar-refractivity contribution in [3.8, 4) is 0 Å². The molecule has 148 valence electrons. The van der Waals surface area contributed by atoms with E-state index in [1.54, 1.807) is 28.4 Å². The van der Waals surface area contributed by atoms with Crippen LogP contribution in [0.25, 0.3) is 0 Å². The summed E-state index contributed by atoms with van der Waals surface area (Å²) in [5.74, 6) is 0. The predicted molar refractivity (Wildman–Crippen MR) is 102 cm³/mol. The Labute approximate surface area is 151 Å². The van der Waals surface area contributed by atoms with Crippen molar-refractivity contribution in [2.24, 2.45) is 0 Å². The summed E-state index contributed by atoms with van der Waals surface area (Å²) in [6.07, 6.45) is 0. The quantitative estimate of drug-likeness (QED) is 0.303. The lowest BCUT2D eigenvalue weighted by Gasteiger charge is -2.25. The van der Waals surface area contributed by atoms with Gasteiger partial charge >= 0.3 is 34.2 Å². The van der Waals surface area contributed by atoms with Gasteiger partial charge in [0.15, 0.2) is 0 Å². The minimum Gasteiger partial charge on any atom is -0.396 e. The molecular formula is C12H36O8Si4. The average Bonchev–Trinajstić information content (AvgIpc) is 2.52. The van der Waals surface area contributed by atoms with Crippen LogP contribution in [0.3, 0.4) is 0 Å². The van der Waals surface area contributed by atoms with E-state index in [9.17, 15) is 0 Å². The molecule has 0 unspecified atom stereocenters. The lowest BCUT2D eigenvalue weighted by molar-refractivity contribution is -0.158. The number of hydrogen-bond donors (Lipinski definition) is 0. The van der Waals surface area contributed by atoms with Crippen LogP contribution in [0.4, 0.5) is 0 Å². The van der Waals surface area contributed by atoms with Crippen molar-refractivity contribution < 1.29 is 36.0 Å². The molecule has 0 bridgehead atoms. The summed E-state index contributed by atoms with van der Waals surface area (Å²) in [4.78, 5) is 0. The van der Waals surface area contributed by atoms with Gasteiger partial charge < -0.3 is 17.7 Å². The maximum Gasteiger partial charge on any atom is 0.367 e. The van der Waals surface area contributed by atoms with Gasteiger partial charge in [-0.25, -0.2) is 0 Å². The molecule has 0 aliphatic heterocycles. The molecule has 0 rings (SSSR count). The molecular weight excluding hydrogens is 384 g/mol. The van der Waals surface area contributed by atoms with Crippen molar-refractivity contribution in [3.05, 3.63) is 0 Å². The van der Waals surface area contributed by atoms with Gasteiger partial charge in [-0.05, 0) is 52.4 Å². The molecule has 0 saturated heterocycles. The first kappa shape index (κ1) is 26.8. The Bertz CT molecular complexity index is 275. The summed E-state index contributed by atoms with van der Waals surface area (Å²) in [6.45, 7) is 15.3. The van der Waals surface area contributed by atoms with E-state index in [-0.39, 0.29) is 0 Å². The molecule has 0 heterocycles. The van der Waals surface area contributed by atoms with Gasteiger partial charge in [0, 0.05) is 28.4 Å². The minimum absolute atomic E-state index is 1.62. The van der Waals surface area contributed by atoms with Crippen molar-refractivity contribution >= 4 is 34.2 Å². The molecule has 0 aliphatic rings. The highest BCUT2D eigenvalue weighted by Gasteiger charge is 2.32. The molecule has 0 aromatic carbocycles. The highest BCUT2D eigenvalue weighted by molar-refractivity contribution is 6.67. The summed E-state index contributed by atoms with van der Waals surface area (Å²) in [6, 6.07) is 0. The van der Waals surface area contributed by atoms with Crippen LogP contribution in [0.15, 0.2) is 0 Å². The van der Waals surface area contributed by atoms with Crippen LogP contribution in [0, 0.1) is 0 Å². The second-order valence-electron chi connectivity index (χ2n) is 6.75. The fraction of sp³-hybridized carbons (Fsp3) is 1.00. The molecule has 24 heavy (non-hydrogen) atoms. The lowest BCUT2D eigenvalue weighted by Crippen LogP contribution is -2.41. The first-order chi connectivity index (χ1) is 10.7. The lowest BCUT2D eigenvalue weighted by atomic mass is 11.8. The third-order valence-corrected chi connectivity index (χ3v) is 9.06. The van der Waals surface area contributed by atoms with Gasteiger partial charge in [0.25, 0.3) is 0 Å². The van der Waals surface area contributed by atoms with Gasteiger partial charge in [-0.15, -0.1) is 0 Å². The smallest absolute Gasteiger partial charge is 0.367 e. The second kappa shape index (κ2) is 11.3. The van der Waals surface area contributed by atoms with E-state index in [1.165, 1.54) is 0 Å². The minimum atomic E-state index is -2.07. The maximum absolute atomic E-state index is 5.19. The van der Waals surface area contributed by atoms with E-state index in [0.717, 1.165) is 0 Å². The van der Waals surface area contributed by atoms with E-state index < -0.39 is 34.2 Å². The van der Waals surface area contributed by atoms with Crippen molar-refractivity contribution in [2.45, 2.75) is 52.4 Å². The molecule has 0 aliphatic carbocycles. The van der Waals surface area contributed by atoms with Crippen LogP contribution in [0.2, 0.25) is 52.4 Å². The van der Waals surface area contributed by atoms with Crippen LogP contribution in [-0.4, -0.2) is 62.7 Å². The molecule has 0 N–H and O–H groups in total. The van der Waals surface area contributed by atoms with E-state index in [4.69, 9.17) is 36.0 Å². The van der Waals surface area contributed by atoms with Crippen LogP contribution in [-0.2, 0) is 36.0 Å². The normalized spacial score (nSPS) is 13.5. The molecule has 0 saturated carbocycles. The average molecular weight is 421 g/mol. The Hall–Kier alpha value is 0.548. The Morgan fingerprint density at radius 1 is 0.333 bits per heavy atom. The van der Waals surface area contributed by atoms with Crippen LogP contribution in [0.1, 0.15) is 0 Å². The van der Waals surface area contributed by atoms with Crippen molar-refractivity contribution in [1.82, 2.24) is 0 Å². The van der Waals surface area contributed by atoms with Crippen LogP contribution < -0.4 is 0 Å². The first-order valence-corrected chi connectivity index (χ1v) is 18.9. The first-order valence-electron chi connectivity index (χ1n) is 7.60. The summed E-state index contributed by atoms with van der Waals surface area (Å²) in [7, 11) is -1.80. The van der Waals surface area contributed by atoms with Crippen LogP contribution >= 0.6 is 0 Å². The van der Waals surface area contributed by atoms with E-state index in [1.807, 2.05) is 52.4 Å². The highest BCUT2D eigenvalue weighted by Crippen LogP contribution is 2.12. The third kappa shape index (κ3) is 14.9. The Kier molecular flexibility index (Phi) is 12.6. The molecule has 0 aromatic rings. The summed E-state index contributed by atoms with van der Waals surface area (Å²) in [5, 5.41) is 0. The summed E-state index contributed by atoms with van der Waals surface area (Å²) < 4.78 is 41.3. The zero-order valence-corrected chi connectivity index (χ0v) is 21.3. The van der Waals surface area contributed by atoms with Gasteiger partial charge in [-0.1, -0.05) is 0 Å². The molecule has 0 fully saturated rings. The largest absolute Gasteiger partial charge is 0.396 e. The molecule has 0 aromatic heterocycles. The molecule has 0 spiro atoms. The molecule has 8 nitrogen and oxygen atoms in total. The number of hydrogen-bond acceptors (Lipinski definition) is 8. The van der Waals surface area contributed by atoms with E-state index >= 15 is 0 Å². The van der Waals surface area contributed by atoms with Gasteiger partial charge in [-0.3, -0.25) is 18.3 Å². The number of rotatable bonds is 10. The van der Waals surface area contributed by atoms with E-state index in [2.05, 4.69) is 0 Å². The fourth-order valence-corrected chi connectivity index (χ4v) is 4.02. The molecule has 0 atom stereocenters. The van der Waals surface area contributed by atoms with Gasteiger partial charge in [-0.2, -0.15) is 0 Å². The Morgan fingerprint density at radius 2 is 0.458 bits per heavy atom. The maximum atomic E-state index is 5.19. The third-order valence-electron chi connectivity index (χ3n) is 2.85. The van der Waals surface area contributed by atoms with Crippen molar-refractivity contribution in [3.63, 3.8) is 0 Å². The molecule has 12 heteroatoms. The zero-order chi connectivity index (χ0) is 19.7. The zero-order valence-electron chi connectivity index (χ0n) is 17.3. The monoisotopic (exact) mass is 420 g/mol. The Balaban J connectivity index is 0. The summed E-state index contributed by atoms with van der Waals surface area (Å²) in [5.41, 5.74) is 0. The topological polar surface area (TPSA) is 73.8 Å². The summed E-state index contributed by atoms with van der Waals surface area (Å²) >= 11 is 0. The van der Waals surface area contributed by atoms with Gasteiger partial charge in [0.05, 0.1) is 0 Å². The van der Waals surface area contributed by atoms with Gasteiger partial charge in [0.2, 0.25) is 0 Å². The highest BCUT2D eigenvalue weighted by atomic mass is 28.4. The van der Waals surface area contributed by atoms with Crippen LogP contribution in [0.5, 0.6) is 0 Å². The second-order valence-corrected chi connectivity index (χ2v) is 20.2. The van der Waals surface area contributed by atoms with E-state index in [0.29, 0.717) is 0 Å². The molecule has 0 amide bonds. The predicted octanol–water partition coefficient (Wildman–Crippen LogP) is 3.26. The molecule has 0 radical (unpaired) electrons. The van der Waals surface area contributed by atoms with Gasteiger partial charge in [0.1, 0.15) is 0 Å². The van der Waals surface area contributed by atoms with Crippen molar-refractivity contribution in [1.29, 1.82) is 0 Å². The van der Waals surface area contributed by atoms with Crippen molar-refractivity contribution in [2.75, 3.05) is 28.4 Å². The SMILES string of the molecule is CO[Si](C)(C)OO[Si](C)(C)OC.CO[Si](C)(C)OO[Si](C)(C)OC. The fourth-order valence-electron chi connectivity index (χ4n) is 0.537.